The number of thiol groups is 1. The number of carboxylic acid groups (broad SMARTS) is 1. The number of pyridine rings is 1. The molecule has 1 atom stereocenters. The van der Waals surface area contributed by atoms with E-state index >= 15 is 0 Å². The van der Waals surface area contributed by atoms with Gasteiger partial charge in [0, 0.05) is 12.3 Å². The maximum atomic E-state index is 10.5. The smallest absolute Gasteiger partial charge is 0.316 e. The van der Waals surface area contributed by atoms with Crippen molar-refractivity contribution >= 4 is 18.6 Å². The van der Waals surface area contributed by atoms with Gasteiger partial charge in [0.2, 0.25) is 5.88 Å². The van der Waals surface area contributed by atoms with Crippen LogP contribution < -0.4 is 4.74 Å². The largest absolute Gasteiger partial charge is 0.481 e. The Kier molecular flexibility index (Phi) is 3.76. The van der Waals surface area contributed by atoms with Gasteiger partial charge in [0.05, 0.1) is 7.11 Å². The highest BCUT2D eigenvalue weighted by Crippen LogP contribution is 2.10. The molecule has 1 aromatic rings. The van der Waals surface area contributed by atoms with Gasteiger partial charge in [-0.05, 0) is 12.0 Å². The number of aromatic nitrogens is 1. The van der Waals surface area contributed by atoms with Crippen LogP contribution in [0.5, 0.6) is 5.88 Å². The third kappa shape index (κ3) is 2.92. The molecular formula is C9H11NO3S. The van der Waals surface area contributed by atoms with Gasteiger partial charge in [-0.15, -0.1) is 0 Å². The zero-order valence-corrected chi connectivity index (χ0v) is 8.57. The molecule has 5 heteroatoms. The Morgan fingerprint density at radius 1 is 1.71 bits per heavy atom. The molecule has 0 radical (unpaired) electrons. The highest BCUT2D eigenvalue weighted by molar-refractivity contribution is 7.81. The van der Waals surface area contributed by atoms with Crippen molar-refractivity contribution in [2.75, 3.05) is 7.11 Å². The summed E-state index contributed by atoms with van der Waals surface area (Å²) in [6.07, 6.45) is 1.94. The van der Waals surface area contributed by atoms with Crippen LogP contribution in [-0.4, -0.2) is 28.4 Å². The summed E-state index contributed by atoms with van der Waals surface area (Å²) in [5.41, 5.74) is 0.827. The van der Waals surface area contributed by atoms with Crippen LogP contribution in [0.15, 0.2) is 18.3 Å². The van der Waals surface area contributed by atoms with Gasteiger partial charge >= 0.3 is 5.97 Å². The van der Waals surface area contributed by atoms with Crippen LogP contribution in [0.1, 0.15) is 5.56 Å². The lowest BCUT2D eigenvalue weighted by Crippen LogP contribution is -2.16. The molecule has 1 unspecified atom stereocenters. The maximum Gasteiger partial charge on any atom is 0.316 e. The second-order valence-electron chi connectivity index (χ2n) is 2.77. The van der Waals surface area contributed by atoms with E-state index in [0.29, 0.717) is 12.3 Å². The molecule has 4 nitrogen and oxygen atoms in total. The van der Waals surface area contributed by atoms with Crippen molar-refractivity contribution in [1.82, 2.24) is 4.98 Å². The van der Waals surface area contributed by atoms with Crippen LogP contribution in [-0.2, 0) is 11.2 Å². The summed E-state index contributed by atoms with van der Waals surface area (Å²) in [4.78, 5) is 14.5. The molecule has 0 aromatic carbocycles. The fourth-order valence-corrected chi connectivity index (χ4v) is 1.17. The highest BCUT2D eigenvalue weighted by Gasteiger charge is 2.12. The van der Waals surface area contributed by atoms with E-state index in [9.17, 15) is 4.79 Å². The lowest BCUT2D eigenvalue weighted by molar-refractivity contribution is -0.136. The second-order valence-corrected chi connectivity index (χ2v) is 3.39. The van der Waals surface area contributed by atoms with Gasteiger partial charge in [-0.2, -0.15) is 12.6 Å². The predicted molar refractivity (Wildman–Crippen MR) is 54.9 cm³/mol. The lowest BCUT2D eigenvalue weighted by Gasteiger charge is -2.05. The number of hydrogen-bond acceptors (Lipinski definition) is 4. The molecule has 76 valence electrons. The zero-order chi connectivity index (χ0) is 10.6. The first-order valence-corrected chi connectivity index (χ1v) is 4.55. The quantitative estimate of drug-likeness (QED) is 0.733. The van der Waals surface area contributed by atoms with E-state index in [0.717, 1.165) is 5.56 Å². The summed E-state index contributed by atoms with van der Waals surface area (Å²) in [7, 11) is 1.53. The Morgan fingerprint density at radius 3 is 2.86 bits per heavy atom. The average molecular weight is 213 g/mol. The normalized spacial score (nSPS) is 12.1. The molecule has 0 spiro atoms. The summed E-state index contributed by atoms with van der Waals surface area (Å²) < 4.78 is 4.88. The Balaban J connectivity index is 2.64. The number of carbonyl (C=O) groups is 1. The molecular weight excluding hydrogens is 202 g/mol. The molecule has 1 heterocycles. The number of rotatable bonds is 4. The molecule has 0 saturated heterocycles. The van der Waals surface area contributed by atoms with Crippen molar-refractivity contribution in [3.05, 3.63) is 23.9 Å². The van der Waals surface area contributed by atoms with Gasteiger partial charge in [-0.25, -0.2) is 4.98 Å². The molecule has 0 amide bonds. The van der Waals surface area contributed by atoms with Crippen LogP contribution in [0.25, 0.3) is 0 Å². The van der Waals surface area contributed by atoms with E-state index < -0.39 is 11.2 Å². The number of carboxylic acids is 1. The standard InChI is InChI=1S/C9H11NO3S/c1-13-8-3-2-6(5-10-8)4-7(14)9(11)12/h2-3,5,7,14H,4H2,1H3,(H,11,12). The number of ether oxygens (including phenoxy) is 1. The monoisotopic (exact) mass is 213 g/mol. The minimum atomic E-state index is -0.927. The summed E-state index contributed by atoms with van der Waals surface area (Å²) >= 11 is 3.93. The summed E-state index contributed by atoms with van der Waals surface area (Å²) in [5, 5.41) is 7.93. The van der Waals surface area contributed by atoms with Crippen molar-refractivity contribution in [3.8, 4) is 5.88 Å². The third-order valence-electron chi connectivity index (χ3n) is 1.72. The molecule has 0 fully saturated rings. The Labute approximate surface area is 87.3 Å². The fraction of sp³-hybridized carbons (Fsp3) is 0.333. The number of aliphatic carboxylic acids is 1. The third-order valence-corrected chi connectivity index (χ3v) is 2.12. The van der Waals surface area contributed by atoms with Crippen molar-refractivity contribution in [3.63, 3.8) is 0 Å². The van der Waals surface area contributed by atoms with Gasteiger partial charge in [-0.3, -0.25) is 4.79 Å². The summed E-state index contributed by atoms with van der Waals surface area (Å²) in [5.74, 6) is -0.413. The molecule has 1 rings (SSSR count). The van der Waals surface area contributed by atoms with Crippen LogP contribution in [0.2, 0.25) is 0 Å². The number of methoxy groups -OCH3 is 1. The second kappa shape index (κ2) is 4.85. The van der Waals surface area contributed by atoms with E-state index in [1.54, 1.807) is 18.3 Å². The van der Waals surface area contributed by atoms with Crippen molar-refractivity contribution in [2.24, 2.45) is 0 Å². The van der Waals surface area contributed by atoms with Gasteiger partial charge < -0.3 is 9.84 Å². The van der Waals surface area contributed by atoms with Crippen LogP contribution in [0, 0.1) is 0 Å². The number of nitrogens with zero attached hydrogens (tertiary/aromatic N) is 1. The zero-order valence-electron chi connectivity index (χ0n) is 7.67. The first-order valence-electron chi connectivity index (χ1n) is 4.03. The molecule has 0 saturated carbocycles. The summed E-state index contributed by atoms with van der Waals surface area (Å²) in [6.45, 7) is 0. The van der Waals surface area contributed by atoms with Crippen molar-refractivity contribution in [1.29, 1.82) is 0 Å². The minimum absolute atomic E-state index is 0.357. The van der Waals surface area contributed by atoms with Gasteiger partial charge in [-0.1, -0.05) is 6.07 Å². The van der Waals surface area contributed by atoms with Crippen molar-refractivity contribution in [2.45, 2.75) is 11.7 Å². The maximum absolute atomic E-state index is 10.5. The van der Waals surface area contributed by atoms with Crippen molar-refractivity contribution < 1.29 is 14.6 Å². The summed E-state index contributed by atoms with van der Waals surface area (Å²) in [6, 6.07) is 3.47. The fourth-order valence-electron chi connectivity index (χ4n) is 0.963. The molecule has 0 bridgehead atoms. The highest BCUT2D eigenvalue weighted by atomic mass is 32.1. The van der Waals surface area contributed by atoms with Gasteiger partial charge in [0.15, 0.2) is 0 Å². The minimum Gasteiger partial charge on any atom is -0.481 e. The van der Waals surface area contributed by atoms with Crippen LogP contribution in [0.3, 0.4) is 0 Å². The lowest BCUT2D eigenvalue weighted by atomic mass is 10.1. The molecule has 0 aliphatic carbocycles. The van der Waals surface area contributed by atoms with Crippen LogP contribution >= 0.6 is 12.6 Å². The van der Waals surface area contributed by atoms with E-state index in [1.165, 1.54) is 7.11 Å². The Bertz CT molecular complexity index is 312. The predicted octanol–water partition coefficient (Wildman–Crippen LogP) is 1.02. The molecule has 0 aliphatic heterocycles. The van der Waals surface area contributed by atoms with Gasteiger partial charge in [0.1, 0.15) is 5.25 Å². The van der Waals surface area contributed by atoms with E-state index in [-0.39, 0.29) is 0 Å². The number of hydrogen-bond donors (Lipinski definition) is 2. The first-order chi connectivity index (χ1) is 6.63. The molecule has 0 aliphatic rings. The average Bonchev–Trinajstić information content (AvgIpc) is 2.19. The topological polar surface area (TPSA) is 59.4 Å². The SMILES string of the molecule is COc1ccc(CC(S)C(=O)O)cn1. The molecule has 1 aromatic heterocycles. The Hall–Kier alpha value is -1.23. The molecule has 14 heavy (non-hydrogen) atoms. The first kappa shape index (κ1) is 10.8. The molecule has 1 N–H and O–H groups in total. The van der Waals surface area contributed by atoms with E-state index in [1.807, 2.05) is 0 Å². The van der Waals surface area contributed by atoms with E-state index in [4.69, 9.17) is 9.84 Å². The van der Waals surface area contributed by atoms with Crippen LogP contribution in [0.4, 0.5) is 0 Å². The van der Waals surface area contributed by atoms with E-state index in [2.05, 4.69) is 17.6 Å². The Morgan fingerprint density at radius 2 is 2.43 bits per heavy atom. The van der Waals surface area contributed by atoms with Gasteiger partial charge in [0.25, 0.3) is 0 Å².